The van der Waals surface area contributed by atoms with Crippen LogP contribution in [0.15, 0.2) is 492 Å². The maximum absolute atomic E-state index is 6.48. The van der Waals surface area contributed by atoms with Crippen molar-refractivity contribution in [2.24, 2.45) is 0 Å². The molecule has 0 radical (unpaired) electrons. The molecule has 0 aliphatic heterocycles. The Hall–Kier alpha value is -17.4. The van der Waals surface area contributed by atoms with E-state index in [-0.39, 0.29) is 0 Å². The summed E-state index contributed by atoms with van der Waals surface area (Å²) in [6.45, 7) is 0. The number of hydrogen-bond donors (Lipinski definition) is 0. The van der Waals surface area contributed by atoms with E-state index >= 15 is 0 Å². The third-order valence-electron chi connectivity index (χ3n) is 26.8. The Bertz CT molecular complexity index is 9110. The summed E-state index contributed by atoms with van der Waals surface area (Å²) >= 11 is 1.88. The first kappa shape index (κ1) is 76.8. The molecular formula is C126H79N3O3S. The van der Waals surface area contributed by atoms with E-state index in [0.717, 1.165) is 112 Å². The zero-order valence-corrected chi connectivity index (χ0v) is 72.9. The molecule has 0 saturated carbocycles. The topological polar surface area (TPSA) is 49.1 Å². The summed E-state index contributed by atoms with van der Waals surface area (Å²) in [7, 11) is 0. The first-order valence-electron chi connectivity index (χ1n) is 45.3. The van der Waals surface area contributed by atoms with Gasteiger partial charge in [0.15, 0.2) is 0 Å². The van der Waals surface area contributed by atoms with Gasteiger partial charge in [0, 0.05) is 103 Å². The van der Waals surface area contributed by atoms with Crippen LogP contribution in [-0.2, 0) is 0 Å². The monoisotopic (exact) mass is 1710 g/mol. The molecule has 0 spiro atoms. The number of benzene rings is 24. The van der Waals surface area contributed by atoms with Crippen molar-refractivity contribution in [2.75, 3.05) is 14.7 Å². The van der Waals surface area contributed by atoms with Crippen molar-refractivity contribution < 1.29 is 13.3 Å². The zero-order valence-electron chi connectivity index (χ0n) is 72.1. The fourth-order valence-electron chi connectivity index (χ4n) is 20.8. The fourth-order valence-corrected chi connectivity index (χ4v) is 22.0. The average molecular weight is 1720 g/mol. The first-order valence-corrected chi connectivity index (χ1v) is 46.1. The molecule has 0 unspecified atom stereocenters. The Kier molecular flexibility index (Phi) is 18.4. The number of hydrogen-bond acceptors (Lipinski definition) is 7. The molecule has 133 heavy (non-hydrogen) atoms. The van der Waals surface area contributed by atoms with Crippen LogP contribution in [0.4, 0.5) is 51.2 Å². The van der Waals surface area contributed by atoms with Crippen LogP contribution in [0.25, 0.3) is 205 Å². The molecule has 622 valence electrons. The fraction of sp³-hybridized carbons (Fsp3) is 0. The lowest BCUT2D eigenvalue weighted by atomic mass is 9.92. The molecule has 0 saturated heterocycles. The van der Waals surface area contributed by atoms with Gasteiger partial charge in [-0.25, -0.2) is 0 Å². The summed E-state index contributed by atoms with van der Waals surface area (Å²) in [5.41, 5.74) is 20.4. The molecule has 0 atom stereocenters. The molecule has 0 N–H and O–H groups in total. The normalized spacial score (nSPS) is 11.8. The number of fused-ring (bicyclic) bond motifs is 31. The molecule has 24 aromatic carbocycles. The quantitative estimate of drug-likeness (QED) is 0.120. The lowest BCUT2D eigenvalue weighted by Gasteiger charge is -2.26. The zero-order chi connectivity index (χ0) is 87.6. The third kappa shape index (κ3) is 13.1. The molecule has 4 aromatic heterocycles. The molecule has 6 nitrogen and oxygen atoms in total. The van der Waals surface area contributed by atoms with Crippen LogP contribution < -0.4 is 14.7 Å². The van der Waals surface area contributed by atoms with Crippen LogP contribution in [-0.4, -0.2) is 0 Å². The largest absolute Gasteiger partial charge is 0.456 e. The van der Waals surface area contributed by atoms with Gasteiger partial charge in [0.25, 0.3) is 0 Å². The summed E-state index contributed by atoms with van der Waals surface area (Å²) in [6, 6.07) is 172. The Labute approximate surface area is 769 Å². The Morgan fingerprint density at radius 3 is 1.02 bits per heavy atom. The van der Waals surface area contributed by atoms with Crippen molar-refractivity contribution in [1.29, 1.82) is 0 Å². The van der Waals surface area contributed by atoms with Gasteiger partial charge in [-0.05, 0) is 254 Å². The number of furan rings is 3. The first-order chi connectivity index (χ1) is 66.0. The van der Waals surface area contributed by atoms with Crippen molar-refractivity contribution in [2.45, 2.75) is 0 Å². The van der Waals surface area contributed by atoms with E-state index in [9.17, 15) is 0 Å². The minimum absolute atomic E-state index is 0.879. The van der Waals surface area contributed by atoms with Crippen LogP contribution in [0, 0.1) is 0 Å². The van der Waals surface area contributed by atoms with Gasteiger partial charge in [0.2, 0.25) is 0 Å². The Balaban J connectivity index is 0.000000104. The highest BCUT2D eigenvalue weighted by Gasteiger charge is 2.25. The van der Waals surface area contributed by atoms with E-state index < -0.39 is 0 Å². The number of thiophene rings is 1. The molecule has 4 heterocycles. The predicted octanol–water partition coefficient (Wildman–Crippen LogP) is 37.2. The summed E-state index contributed by atoms with van der Waals surface area (Å²) < 4.78 is 21.8. The summed E-state index contributed by atoms with van der Waals surface area (Å²) in [6.07, 6.45) is 0. The van der Waals surface area contributed by atoms with Crippen LogP contribution >= 0.6 is 11.3 Å². The maximum atomic E-state index is 6.48. The van der Waals surface area contributed by atoms with E-state index in [4.69, 9.17) is 13.3 Å². The van der Waals surface area contributed by atoms with Crippen LogP contribution in [0.2, 0.25) is 0 Å². The molecule has 0 aliphatic rings. The van der Waals surface area contributed by atoms with Crippen molar-refractivity contribution in [3.05, 3.63) is 479 Å². The Morgan fingerprint density at radius 2 is 0.489 bits per heavy atom. The smallest absolute Gasteiger partial charge is 0.143 e. The minimum Gasteiger partial charge on any atom is -0.456 e. The number of anilines is 9. The van der Waals surface area contributed by atoms with Crippen molar-refractivity contribution in [3.63, 3.8) is 0 Å². The SMILES string of the molecule is c1ccc(-c2ccc(N(c3ccccc3)c3ccc4c(ccc5ccc6ccc7oc8ccccc8c7c6c54)c3)cc2)cc1.c1ccc(-c2ccc(N(c3ccccc3)c3ccc4c(ccc5ccc6ccc7sc8ccccc8c7c6c54)c3)cc2)cc1.c1ccc(N(c2ccc3c(ccc4c3c3ccccc3c3oc5ccccc5c43)c2)c2cccc3oc4ccccc4c23)cc1. The van der Waals surface area contributed by atoms with Crippen molar-refractivity contribution in [3.8, 4) is 22.3 Å². The Morgan fingerprint density at radius 1 is 0.150 bits per heavy atom. The summed E-state index contributed by atoms with van der Waals surface area (Å²) in [5, 5.41) is 32.0. The predicted molar refractivity (Wildman–Crippen MR) is 567 cm³/mol. The van der Waals surface area contributed by atoms with Gasteiger partial charge in [-0.2, -0.15) is 0 Å². The highest BCUT2D eigenvalue weighted by Crippen LogP contribution is 2.51. The van der Waals surface area contributed by atoms with Gasteiger partial charge in [0.1, 0.15) is 33.5 Å². The van der Waals surface area contributed by atoms with Crippen LogP contribution in [0.1, 0.15) is 0 Å². The lowest BCUT2D eigenvalue weighted by molar-refractivity contribution is 0.668. The lowest BCUT2D eigenvalue weighted by Crippen LogP contribution is -2.10. The molecule has 0 aliphatic carbocycles. The highest BCUT2D eigenvalue weighted by molar-refractivity contribution is 7.26. The molecule has 0 fully saturated rings. The molecule has 28 aromatic rings. The van der Waals surface area contributed by atoms with Gasteiger partial charge in [0.05, 0.1) is 11.1 Å². The number of rotatable bonds is 11. The maximum Gasteiger partial charge on any atom is 0.143 e. The summed E-state index contributed by atoms with van der Waals surface area (Å²) in [5.74, 6) is 0. The van der Waals surface area contributed by atoms with Crippen LogP contribution in [0.3, 0.4) is 0 Å². The van der Waals surface area contributed by atoms with Gasteiger partial charge in [-0.15, -0.1) is 11.3 Å². The van der Waals surface area contributed by atoms with Gasteiger partial charge >= 0.3 is 0 Å². The standard InChI is InChI=1S/C42H25NO2.C42H27NO.C42H27NS/c1-2-11-27(12-3-1)43(35-17-10-20-38-41(35)33-16-7-8-18-36(33)44-38)28-22-24-29-26(25-28)21-23-34-39(29)30-13-4-5-14-31(30)42-40(34)32-15-6-9-19-37(32)45-42;2*1-3-9-28(10-4-1)29-19-22-34(23-20-29)43(33-11-5-2-6-12-33)35-24-25-36-32(27-35)18-17-30-15-16-31-21-26-39-42(41(31)40(30)36)37-13-7-8-14-38(37)44-39/h1-25H;2*1-27H. The van der Waals surface area contributed by atoms with Gasteiger partial charge in [-0.1, -0.05) is 334 Å². The van der Waals surface area contributed by atoms with Crippen LogP contribution in [0.5, 0.6) is 0 Å². The molecule has 28 rings (SSSR count). The van der Waals surface area contributed by atoms with Crippen molar-refractivity contribution in [1.82, 2.24) is 0 Å². The molecule has 0 bridgehead atoms. The van der Waals surface area contributed by atoms with Gasteiger partial charge in [-0.3, -0.25) is 0 Å². The van der Waals surface area contributed by atoms with E-state index in [2.05, 4.69) is 470 Å². The number of para-hydroxylation sites is 6. The molecule has 0 amide bonds. The van der Waals surface area contributed by atoms with E-state index in [1.54, 1.807) is 0 Å². The molecular weight excluding hydrogens is 1640 g/mol. The van der Waals surface area contributed by atoms with Gasteiger partial charge < -0.3 is 28.0 Å². The second kappa shape index (κ2) is 31.8. The second-order valence-electron chi connectivity index (χ2n) is 34.4. The number of nitrogens with zero attached hydrogens (tertiary/aromatic N) is 3. The van der Waals surface area contributed by atoms with E-state index in [1.807, 2.05) is 35.6 Å². The third-order valence-corrected chi connectivity index (χ3v) is 28.0. The molecule has 7 heteroatoms. The highest BCUT2D eigenvalue weighted by atomic mass is 32.1. The average Bonchev–Trinajstić information content (AvgIpc) is 1.72. The van der Waals surface area contributed by atoms with E-state index in [1.165, 1.54) is 145 Å². The summed E-state index contributed by atoms with van der Waals surface area (Å²) in [4.78, 5) is 7.04. The van der Waals surface area contributed by atoms with Crippen molar-refractivity contribution >= 4 is 245 Å². The van der Waals surface area contributed by atoms with E-state index in [0.29, 0.717) is 0 Å². The minimum atomic E-state index is 0.879. The second-order valence-corrected chi connectivity index (χ2v) is 35.5.